The molecule has 0 amide bonds. The Morgan fingerprint density at radius 3 is 2.90 bits per heavy atom. The van der Waals surface area contributed by atoms with Crippen LogP contribution in [0.1, 0.15) is 18.4 Å². The average molecular weight is 308 g/mol. The SMILES string of the molecule is CN=C(NCCSC)NCc1ccc(OCC2CC2)nc1. The molecular weight excluding hydrogens is 284 g/mol. The van der Waals surface area contributed by atoms with Gasteiger partial charge in [0.15, 0.2) is 5.96 Å². The smallest absolute Gasteiger partial charge is 0.213 e. The molecule has 6 heteroatoms. The Bertz CT molecular complexity index is 445. The van der Waals surface area contributed by atoms with Crippen LogP contribution >= 0.6 is 11.8 Å². The first kappa shape index (κ1) is 15.9. The van der Waals surface area contributed by atoms with E-state index in [-0.39, 0.29) is 0 Å². The van der Waals surface area contributed by atoms with Crippen LogP contribution in [0.2, 0.25) is 0 Å². The number of hydrogen-bond acceptors (Lipinski definition) is 4. The van der Waals surface area contributed by atoms with E-state index in [0.29, 0.717) is 12.4 Å². The van der Waals surface area contributed by atoms with E-state index in [2.05, 4.69) is 26.9 Å². The maximum Gasteiger partial charge on any atom is 0.213 e. The number of nitrogens with one attached hydrogen (secondary N) is 2. The lowest BCUT2D eigenvalue weighted by Gasteiger charge is -2.11. The van der Waals surface area contributed by atoms with Gasteiger partial charge in [0.05, 0.1) is 6.61 Å². The van der Waals surface area contributed by atoms with Gasteiger partial charge in [-0.05, 0) is 30.6 Å². The van der Waals surface area contributed by atoms with E-state index < -0.39 is 0 Å². The zero-order chi connectivity index (χ0) is 14.9. The van der Waals surface area contributed by atoms with Crippen molar-refractivity contribution in [1.82, 2.24) is 15.6 Å². The number of rotatable bonds is 8. The molecule has 1 heterocycles. The summed E-state index contributed by atoms with van der Waals surface area (Å²) in [5.41, 5.74) is 1.11. The summed E-state index contributed by atoms with van der Waals surface area (Å²) in [6.45, 7) is 2.42. The lowest BCUT2D eigenvalue weighted by Crippen LogP contribution is -2.37. The molecule has 2 rings (SSSR count). The molecule has 0 aromatic carbocycles. The summed E-state index contributed by atoms with van der Waals surface area (Å²) in [7, 11) is 1.78. The Hall–Kier alpha value is -1.43. The number of nitrogens with zero attached hydrogens (tertiary/aromatic N) is 2. The molecule has 1 aliphatic carbocycles. The molecule has 0 aliphatic heterocycles. The van der Waals surface area contributed by atoms with Gasteiger partial charge in [-0.25, -0.2) is 4.98 Å². The Morgan fingerprint density at radius 1 is 1.43 bits per heavy atom. The molecule has 116 valence electrons. The van der Waals surface area contributed by atoms with Gasteiger partial charge in [0.1, 0.15) is 0 Å². The topological polar surface area (TPSA) is 58.5 Å². The number of aliphatic imine (C=N–C) groups is 1. The molecule has 0 spiro atoms. The Labute approximate surface area is 131 Å². The third kappa shape index (κ3) is 6.25. The summed E-state index contributed by atoms with van der Waals surface area (Å²) in [5.74, 6) is 3.35. The quantitative estimate of drug-likeness (QED) is 0.436. The molecule has 5 nitrogen and oxygen atoms in total. The van der Waals surface area contributed by atoms with Crippen molar-refractivity contribution < 1.29 is 4.74 Å². The van der Waals surface area contributed by atoms with Crippen LogP contribution in [0.15, 0.2) is 23.3 Å². The second-order valence-electron chi connectivity index (χ2n) is 5.10. The molecule has 21 heavy (non-hydrogen) atoms. The molecule has 1 aromatic heterocycles. The third-order valence-electron chi connectivity index (χ3n) is 3.24. The zero-order valence-corrected chi connectivity index (χ0v) is 13.6. The second kappa shape index (κ2) is 8.77. The normalized spacial score (nSPS) is 14.9. The van der Waals surface area contributed by atoms with Gasteiger partial charge in [0.25, 0.3) is 0 Å². The molecular formula is C15H24N4OS. The molecule has 1 aromatic rings. The fraction of sp³-hybridized carbons (Fsp3) is 0.600. The standard InChI is InChI=1S/C15H24N4OS/c1-16-15(17-7-8-21-2)19-10-13-5-6-14(18-9-13)20-11-12-3-4-12/h5-6,9,12H,3-4,7-8,10-11H2,1-2H3,(H2,16,17,19). The minimum absolute atomic E-state index is 0.703. The van der Waals surface area contributed by atoms with Gasteiger partial charge in [-0.1, -0.05) is 6.07 Å². The molecule has 1 fully saturated rings. The molecule has 0 bridgehead atoms. The van der Waals surface area contributed by atoms with E-state index in [9.17, 15) is 0 Å². The van der Waals surface area contributed by atoms with Gasteiger partial charge in [-0.15, -0.1) is 0 Å². The number of pyridine rings is 1. The molecule has 0 unspecified atom stereocenters. The minimum Gasteiger partial charge on any atom is -0.477 e. The molecule has 0 radical (unpaired) electrons. The zero-order valence-electron chi connectivity index (χ0n) is 12.8. The number of ether oxygens (including phenoxy) is 1. The van der Waals surface area contributed by atoms with Gasteiger partial charge in [0, 0.05) is 38.2 Å². The van der Waals surface area contributed by atoms with Crippen LogP contribution in [-0.2, 0) is 6.54 Å². The van der Waals surface area contributed by atoms with Crippen LogP contribution in [0.3, 0.4) is 0 Å². The molecule has 2 N–H and O–H groups in total. The number of hydrogen-bond donors (Lipinski definition) is 2. The third-order valence-corrected chi connectivity index (χ3v) is 3.86. The lowest BCUT2D eigenvalue weighted by molar-refractivity contribution is 0.288. The first-order valence-corrected chi connectivity index (χ1v) is 8.72. The van der Waals surface area contributed by atoms with E-state index in [1.807, 2.05) is 30.1 Å². The maximum atomic E-state index is 5.63. The van der Waals surface area contributed by atoms with Crippen molar-refractivity contribution in [2.24, 2.45) is 10.9 Å². The van der Waals surface area contributed by atoms with Crippen LogP contribution < -0.4 is 15.4 Å². The highest BCUT2D eigenvalue weighted by Crippen LogP contribution is 2.29. The number of thioether (sulfide) groups is 1. The van der Waals surface area contributed by atoms with Crippen LogP contribution in [-0.4, -0.2) is 43.2 Å². The Morgan fingerprint density at radius 2 is 2.29 bits per heavy atom. The summed E-state index contributed by atoms with van der Waals surface area (Å²) in [5, 5.41) is 6.54. The van der Waals surface area contributed by atoms with Crippen LogP contribution in [0.5, 0.6) is 5.88 Å². The van der Waals surface area contributed by atoms with Gasteiger partial charge in [-0.3, -0.25) is 4.99 Å². The summed E-state index contributed by atoms with van der Waals surface area (Å²) >= 11 is 1.81. The van der Waals surface area contributed by atoms with E-state index in [1.165, 1.54) is 12.8 Å². The maximum absolute atomic E-state index is 5.63. The summed E-state index contributed by atoms with van der Waals surface area (Å²) in [4.78, 5) is 8.52. The van der Waals surface area contributed by atoms with Crippen molar-refractivity contribution in [2.45, 2.75) is 19.4 Å². The molecule has 1 saturated carbocycles. The second-order valence-corrected chi connectivity index (χ2v) is 6.09. The summed E-state index contributed by atoms with van der Waals surface area (Å²) in [6, 6.07) is 3.97. The van der Waals surface area contributed by atoms with Crippen molar-refractivity contribution in [3.8, 4) is 5.88 Å². The van der Waals surface area contributed by atoms with Gasteiger partial charge < -0.3 is 15.4 Å². The molecule has 1 aliphatic rings. The van der Waals surface area contributed by atoms with Crippen molar-refractivity contribution in [3.05, 3.63) is 23.9 Å². The Kier molecular flexibility index (Phi) is 6.66. The monoisotopic (exact) mass is 308 g/mol. The molecule has 0 saturated heterocycles. The fourth-order valence-electron chi connectivity index (χ4n) is 1.77. The fourth-order valence-corrected chi connectivity index (χ4v) is 2.07. The first-order valence-electron chi connectivity index (χ1n) is 7.33. The van der Waals surface area contributed by atoms with Gasteiger partial charge in [-0.2, -0.15) is 11.8 Å². The van der Waals surface area contributed by atoms with Crippen LogP contribution in [0.25, 0.3) is 0 Å². The van der Waals surface area contributed by atoms with Crippen LogP contribution in [0, 0.1) is 5.92 Å². The number of guanidine groups is 1. The van der Waals surface area contributed by atoms with E-state index in [4.69, 9.17) is 4.74 Å². The number of aromatic nitrogens is 1. The van der Waals surface area contributed by atoms with Crippen molar-refractivity contribution in [3.63, 3.8) is 0 Å². The molecule has 0 atom stereocenters. The lowest BCUT2D eigenvalue weighted by atomic mass is 10.3. The first-order chi connectivity index (χ1) is 10.3. The Balaban J connectivity index is 1.71. The van der Waals surface area contributed by atoms with Gasteiger partial charge >= 0.3 is 0 Å². The van der Waals surface area contributed by atoms with Crippen LogP contribution in [0.4, 0.5) is 0 Å². The van der Waals surface area contributed by atoms with E-state index in [1.54, 1.807) is 7.05 Å². The predicted octanol–water partition coefficient (Wildman–Crippen LogP) is 1.90. The van der Waals surface area contributed by atoms with Gasteiger partial charge in [0.2, 0.25) is 5.88 Å². The van der Waals surface area contributed by atoms with E-state index in [0.717, 1.165) is 36.3 Å². The minimum atomic E-state index is 0.703. The highest BCUT2D eigenvalue weighted by molar-refractivity contribution is 7.98. The average Bonchev–Trinajstić information content (AvgIpc) is 3.34. The predicted molar refractivity (Wildman–Crippen MR) is 89.0 cm³/mol. The summed E-state index contributed by atoms with van der Waals surface area (Å²) < 4.78 is 5.63. The summed E-state index contributed by atoms with van der Waals surface area (Å²) in [6.07, 6.45) is 6.54. The van der Waals surface area contributed by atoms with Crippen molar-refractivity contribution in [1.29, 1.82) is 0 Å². The van der Waals surface area contributed by atoms with Crippen molar-refractivity contribution in [2.75, 3.05) is 32.2 Å². The van der Waals surface area contributed by atoms with E-state index >= 15 is 0 Å². The largest absolute Gasteiger partial charge is 0.477 e. The highest BCUT2D eigenvalue weighted by Gasteiger charge is 2.21. The highest BCUT2D eigenvalue weighted by atomic mass is 32.2. The van der Waals surface area contributed by atoms with Crippen molar-refractivity contribution >= 4 is 17.7 Å².